The van der Waals surface area contributed by atoms with Crippen LogP contribution in [0.5, 0.6) is 0 Å². The molecule has 0 atom stereocenters. The first-order valence-electron chi connectivity index (χ1n) is 5.91. The van der Waals surface area contributed by atoms with Crippen LogP contribution in [0.3, 0.4) is 0 Å². The Hall–Kier alpha value is -2.44. The fourth-order valence-electron chi connectivity index (χ4n) is 2.27. The highest BCUT2D eigenvalue weighted by molar-refractivity contribution is 6.00. The van der Waals surface area contributed by atoms with Crippen LogP contribution in [0.4, 0.5) is 10.1 Å². The summed E-state index contributed by atoms with van der Waals surface area (Å²) in [5.41, 5.74) is 6.68. The van der Waals surface area contributed by atoms with E-state index in [2.05, 4.69) is 10.2 Å². The maximum Gasteiger partial charge on any atom is 0.152 e. The Morgan fingerprint density at radius 1 is 1.37 bits per heavy atom. The van der Waals surface area contributed by atoms with Crippen LogP contribution in [0.1, 0.15) is 11.4 Å². The zero-order chi connectivity index (χ0) is 13.4. The van der Waals surface area contributed by atoms with Gasteiger partial charge in [0.2, 0.25) is 0 Å². The van der Waals surface area contributed by atoms with E-state index < -0.39 is 5.82 Å². The largest absolute Gasteiger partial charge is 0.384 e. The van der Waals surface area contributed by atoms with Crippen molar-refractivity contribution in [2.24, 2.45) is 5.73 Å². The van der Waals surface area contributed by atoms with Gasteiger partial charge in [0.1, 0.15) is 18.0 Å². The number of nitrogen functional groups attached to an aromatic ring is 1. The van der Waals surface area contributed by atoms with Gasteiger partial charge in [-0.2, -0.15) is 0 Å². The molecule has 0 amide bonds. The number of fused-ring (bicyclic) bond motifs is 1. The van der Waals surface area contributed by atoms with Crippen LogP contribution >= 0.6 is 0 Å². The van der Waals surface area contributed by atoms with Crippen LogP contribution in [-0.2, 0) is 13.1 Å². The first-order valence-corrected chi connectivity index (χ1v) is 5.91. The molecule has 6 nitrogen and oxygen atoms in total. The molecule has 0 aliphatic carbocycles. The molecule has 1 aromatic carbocycles. The number of anilines is 1. The van der Waals surface area contributed by atoms with Gasteiger partial charge in [-0.15, -0.1) is 10.2 Å². The van der Waals surface area contributed by atoms with Crippen molar-refractivity contribution in [1.29, 1.82) is 5.41 Å². The Kier molecular flexibility index (Phi) is 2.66. The molecule has 2 heterocycles. The molecular weight excluding hydrogens is 247 g/mol. The van der Waals surface area contributed by atoms with Gasteiger partial charge in [0.15, 0.2) is 5.82 Å². The second kappa shape index (κ2) is 4.34. The maximum absolute atomic E-state index is 13.3. The molecule has 1 aliphatic rings. The molecular formula is C12H13FN6. The van der Waals surface area contributed by atoms with E-state index in [0.29, 0.717) is 12.1 Å². The highest BCUT2D eigenvalue weighted by atomic mass is 19.1. The molecule has 3 rings (SSSR count). The molecule has 1 aliphatic heterocycles. The normalized spacial score (nSPS) is 14.3. The lowest BCUT2D eigenvalue weighted by molar-refractivity contribution is 0.559. The molecule has 0 unspecified atom stereocenters. The van der Waals surface area contributed by atoms with E-state index in [4.69, 9.17) is 11.1 Å². The number of nitrogens with two attached hydrogens (primary N) is 1. The number of amidine groups is 1. The van der Waals surface area contributed by atoms with Crippen LogP contribution in [0.25, 0.3) is 0 Å². The van der Waals surface area contributed by atoms with Crippen molar-refractivity contribution in [2.45, 2.75) is 13.1 Å². The van der Waals surface area contributed by atoms with E-state index in [1.54, 1.807) is 12.4 Å². The van der Waals surface area contributed by atoms with E-state index in [0.717, 1.165) is 24.6 Å². The van der Waals surface area contributed by atoms with Gasteiger partial charge in [0, 0.05) is 24.3 Å². The SMILES string of the molecule is N=C(N)c1cc(F)ccc1N1CCn2cnnc2C1. The molecule has 3 N–H and O–H groups in total. The number of rotatable bonds is 2. The minimum atomic E-state index is -0.394. The van der Waals surface area contributed by atoms with Crippen molar-refractivity contribution in [1.82, 2.24) is 14.8 Å². The maximum atomic E-state index is 13.3. The predicted molar refractivity (Wildman–Crippen MR) is 68.5 cm³/mol. The predicted octanol–water partition coefficient (Wildman–Crippen LogP) is 0.721. The topological polar surface area (TPSA) is 83.8 Å². The fourth-order valence-corrected chi connectivity index (χ4v) is 2.27. The van der Waals surface area contributed by atoms with Crippen molar-refractivity contribution < 1.29 is 4.39 Å². The Labute approximate surface area is 109 Å². The van der Waals surface area contributed by atoms with Gasteiger partial charge in [0.25, 0.3) is 0 Å². The molecule has 19 heavy (non-hydrogen) atoms. The Balaban J connectivity index is 1.98. The number of benzene rings is 1. The quantitative estimate of drug-likeness (QED) is 0.615. The first kappa shape index (κ1) is 11.6. The number of halogens is 1. The van der Waals surface area contributed by atoms with Crippen LogP contribution in [0.2, 0.25) is 0 Å². The minimum Gasteiger partial charge on any atom is -0.384 e. The van der Waals surface area contributed by atoms with Gasteiger partial charge in [-0.25, -0.2) is 4.39 Å². The van der Waals surface area contributed by atoms with Crippen LogP contribution in [0, 0.1) is 11.2 Å². The van der Waals surface area contributed by atoms with Crippen molar-refractivity contribution >= 4 is 11.5 Å². The average molecular weight is 260 g/mol. The van der Waals surface area contributed by atoms with E-state index in [1.165, 1.54) is 12.1 Å². The second-order valence-corrected chi connectivity index (χ2v) is 4.44. The molecule has 0 bridgehead atoms. The third kappa shape index (κ3) is 2.03. The number of nitrogens with one attached hydrogen (secondary N) is 1. The van der Waals surface area contributed by atoms with Crippen LogP contribution in [0.15, 0.2) is 24.5 Å². The molecule has 0 fully saturated rings. The molecule has 98 valence electrons. The highest BCUT2D eigenvalue weighted by Crippen LogP contribution is 2.24. The van der Waals surface area contributed by atoms with Crippen LogP contribution in [-0.4, -0.2) is 27.1 Å². The van der Waals surface area contributed by atoms with E-state index in [1.807, 2.05) is 9.47 Å². The minimum absolute atomic E-state index is 0.137. The van der Waals surface area contributed by atoms with Crippen molar-refractivity contribution in [3.63, 3.8) is 0 Å². The Morgan fingerprint density at radius 3 is 3.00 bits per heavy atom. The zero-order valence-corrected chi connectivity index (χ0v) is 10.2. The summed E-state index contributed by atoms with van der Waals surface area (Å²) in [7, 11) is 0. The third-order valence-corrected chi connectivity index (χ3v) is 3.23. The lowest BCUT2D eigenvalue weighted by Gasteiger charge is -2.30. The van der Waals surface area contributed by atoms with Gasteiger partial charge in [-0.05, 0) is 18.2 Å². The summed E-state index contributed by atoms with van der Waals surface area (Å²) in [5.74, 6) is 0.320. The van der Waals surface area contributed by atoms with Gasteiger partial charge in [-0.3, -0.25) is 5.41 Å². The van der Waals surface area contributed by atoms with Crippen molar-refractivity contribution in [3.05, 3.63) is 41.7 Å². The molecule has 0 saturated carbocycles. The van der Waals surface area contributed by atoms with E-state index in [-0.39, 0.29) is 5.84 Å². The summed E-state index contributed by atoms with van der Waals surface area (Å²) in [5, 5.41) is 15.5. The average Bonchev–Trinajstić information content (AvgIpc) is 2.85. The van der Waals surface area contributed by atoms with Crippen molar-refractivity contribution in [2.75, 3.05) is 11.4 Å². The third-order valence-electron chi connectivity index (χ3n) is 3.23. The van der Waals surface area contributed by atoms with Gasteiger partial charge < -0.3 is 15.2 Å². The van der Waals surface area contributed by atoms with Gasteiger partial charge in [-0.1, -0.05) is 0 Å². The molecule has 0 spiro atoms. The fraction of sp³-hybridized carbons (Fsp3) is 0.250. The van der Waals surface area contributed by atoms with Gasteiger partial charge >= 0.3 is 0 Å². The first-order chi connectivity index (χ1) is 9.15. The highest BCUT2D eigenvalue weighted by Gasteiger charge is 2.20. The smallest absolute Gasteiger partial charge is 0.152 e. The Morgan fingerprint density at radius 2 is 2.21 bits per heavy atom. The van der Waals surface area contributed by atoms with Crippen LogP contribution < -0.4 is 10.6 Å². The summed E-state index contributed by atoms with van der Waals surface area (Å²) >= 11 is 0. The summed E-state index contributed by atoms with van der Waals surface area (Å²) < 4.78 is 15.2. The number of hydrogen-bond acceptors (Lipinski definition) is 4. The molecule has 7 heteroatoms. The number of nitrogens with zero attached hydrogens (tertiary/aromatic N) is 4. The Bertz CT molecular complexity index is 635. The molecule has 1 aromatic heterocycles. The lowest BCUT2D eigenvalue weighted by Crippen LogP contribution is -2.35. The van der Waals surface area contributed by atoms with Gasteiger partial charge in [0.05, 0.1) is 6.54 Å². The lowest BCUT2D eigenvalue weighted by atomic mass is 10.1. The summed E-state index contributed by atoms with van der Waals surface area (Å²) in [6.07, 6.45) is 1.70. The second-order valence-electron chi connectivity index (χ2n) is 4.44. The summed E-state index contributed by atoms with van der Waals surface area (Å²) in [4.78, 5) is 2.03. The molecule has 2 aromatic rings. The molecule has 0 radical (unpaired) electrons. The van der Waals surface area contributed by atoms with Crippen molar-refractivity contribution in [3.8, 4) is 0 Å². The van der Waals surface area contributed by atoms with E-state index in [9.17, 15) is 4.39 Å². The summed E-state index contributed by atoms with van der Waals surface area (Å²) in [6.45, 7) is 2.08. The zero-order valence-electron chi connectivity index (χ0n) is 10.2. The van der Waals surface area contributed by atoms with E-state index >= 15 is 0 Å². The standard InChI is InChI=1S/C12H13FN6/c13-8-1-2-10(9(5-8)12(14)15)18-3-4-19-7-16-17-11(19)6-18/h1-2,5,7H,3-4,6H2,(H3,14,15). The molecule has 0 saturated heterocycles. The number of aromatic nitrogens is 3. The monoisotopic (exact) mass is 260 g/mol. The summed E-state index contributed by atoms with van der Waals surface area (Å²) in [6, 6.07) is 4.32. The number of hydrogen-bond donors (Lipinski definition) is 2.